The zero-order valence-corrected chi connectivity index (χ0v) is 13.2. The zero-order chi connectivity index (χ0) is 16.0. The van der Waals surface area contributed by atoms with Crippen LogP contribution in [0, 0.1) is 11.5 Å². The van der Waals surface area contributed by atoms with Gasteiger partial charge in [-0.2, -0.15) is 5.26 Å². The summed E-state index contributed by atoms with van der Waals surface area (Å²) in [5, 5.41) is 13.8. The number of nitrogens with zero attached hydrogens (tertiary/aromatic N) is 3. The Morgan fingerprint density at radius 1 is 1.57 bits per heavy atom. The summed E-state index contributed by atoms with van der Waals surface area (Å²) in [5.74, 6) is -0.515. The van der Waals surface area contributed by atoms with E-state index in [-0.39, 0.29) is 6.42 Å². The van der Waals surface area contributed by atoms with E-state index in [1.807, 2.05) is 0 Å². The molecule has 0 aliphatic rings. The van der Waals surface area contributed by atoms with Gasteiger partial charge in [0.15, 0.2) is 6.19 Å². The van der Waals surface area contributed by atoms with Crippen molar-refractivity contribution in [1.29, 1.82) is 5.26 Å². The second-order valence-corrected chi connectivity index (χ2v) is 6.31. The van der Waals surface area contributed by atoms with Gasteiger partial charge < -0.3 is 10.1 Å². The van der Waals surface area contributed by atoms with Crippen molar-refractivity contribution in [2.24, 2.45) is 0 Å². The van der Waals surface area contributed by atoms with Gasteiger partial charge in [0, 0.05) is 25.0 Å². The SMILES string of the molecule is CN(C#N)C(=O)[C@H](Cc1nccs1)NC(=O)OC(C)(C)C. The number of alkyl carbamates (subject to hydrolysis) is 1. The predicted molar refractivity (Wildman–Crippen MR) is 77.4 cm³/mol. The summed E-state index contributed by atoms with van der Waals surface area (Å²) in [6, 6.07) is -0.893. The summed E-state index contributed by atoms with van der Waals surface area (Å²) >= 11 is 1.37. The number of hydrogen-bond acceptors (Lipinski definition) is 6. The summed E-state index contributed by atoms with van der Waals surface area (Å²) in [6.07, 6.45) is 2.84. The van der Waals surface area contributed by atoms with E-state index in [4.69, 9.17) is 10.00 Å². The maximum Gasteiger partial charge on any atom is 0.408 e. The number of hydrogen-bond donors (Lipinski definition) is 1. The maximum absolute atomic E-state index is 12.1. The molecule has 0 aromatic carbocycles. The molecule has 0 unspecified atom stereocenters. The number of carbonyl (C=O) groups excluding carboxylic acids is 2. The Hall–Kier alpha value is -2.14. The monoisotopic (exact) mass is 310 g/mol. The van der Waals surface area contributed by atoms with Crippen LogP contribution in [0.4, 0.5) is 4.79 Å². The third kappa shape index (κ3) is 5.79. The quantitative estimate of drug-likeness (QED) is 0.672. The molecule has 7 nitrogen and oxygen atoms in total. The molecule has 1 aromatic heterocycles. The first kappa shape index (κ1) is 16.9. The van der Waals surface area contributed by atoms with E-state index in [0.717, 1.165) is 4.90 Å². The molecular weight excluding hydrogens is 292 g/mol. The molecule has 21 heavy (non-hydrogen) atoms. The van der Waals surface area contributed by atoms with Gasteiger partial charge >= 0.3 is 6.09 Å². The highest BCUT2D eigenvalue weighted by Gasteiger charge is 2.27. The molecule has 0 saturated carbocycles. The van der Waals surface area contributed by atoms with Crippen LogP contribution in [0.2, 0.25) is 0 Å². The molecule has 1 atom stereocenters. The summed E-state index contributed by atoms with van der Waals surface area (Å²) in [7, 11) is 1.34. The Bertz CT molecular complexity index is 531. The smallest absolute Gasteiger partial charge is 0.408 e. The van der Waals surface area contributed by atoms with Crippen LogP contribution in [0.5, 0.6) is 0 Å². The van der Waals surface area contributed by atoms with E-state index >= 15 is 0 Å². The third-order valence-corrected chi connectivity index (χ3v) is 3.13. The van der Waals surface area contributed by atoms with E-state index in [1.165, 1.54) is 18.4 Å². The minimum Gasteiger partial charge on any atom is -0.444 e. The number of nitriles is 1. The van der Waals surface area contributed by atoms with Gasteiger partial charge in [0.2, 0.25) is 0 Å². The molecule has 0 saturated heterocycles. The second kappa shape index (κ2) is 7.04. The molecule has 0 bridgehead atoms. The van der Waals surface area contributed by atoms with Crippen molar-refractivity contribution in [3.8, 4) is 6.19 Å². The van der Waals surface area contributed by atoms with Crippen LogP contribution in [-0.4, -0.2) is 40.6 Å². The Morgan fingerprint density at radius 2 is 2.24 bits per heavy atom. The van der Waals surface area contributed by atoms with Crippen molar-refractivity contribution in [3.05, 3.63) is 16.6 Å². The summed E-state index contributed by atoms with van der Waals surface area (Å²) in [5.41, 5.74) is -0.667. The molecule has 0 aliphatic carbocycles. The van der Waals surface area contributed by atoms with Crippen LogP contribution < -0.4 is 5.32 Å². The number of amides is 2. The van der Waals surface area contributed by atoms with Gasteiger partial charge in [-0.25, -0.2) is 9.78 Å². The lowest BCUT2D eigenvalue weighted by Gasteiger charge is -2.23. The number of ether oxygens (including phenoxy) is 1. The highest BCUT2D eigenvalue weighted by atomic mass is 32.1. The molecule has 0 aliphatic heterocycles. The van der Waals surface area contributed by atoms with E-state index in [0.29, 0.717) is 5.01 Å². The van der Waals surface area contributed by atoms with Crippen LogP contribution in [0.1, 0.15) is 25.8 Å². The number of likely N-dealkylation sites (N-methyl/N-ethyl adjacent to an activating group) is 1. The van der Waals surface area contributed by atoms with E-state index in [2.05, 4.69) is 10.3 Å². The van der Waals surface area contributed by atoms with E-state index < -0.39 is 23.6 Å². The average Bonchev–Trinajstić information content (AvgIpc) is 2.86. The summed E-state index contributed by atoms with van der Waals surface area (Å²) in [6.45, 7) is 5.18. The Morgan fingerprint density at radius 3 is 2.71 bits per heavy atom. The number of nitrogens with one attached hydrogen (secondary N) is 1. The van der Waals surface area contributed by atoms with Crippen molar-refractivity contribution in [1.82, 2.24) is 15.2 Å². The number of carbonyl (C=O) groups is 2. The van der Waals surface area contributed by atoms with Gasteiger partial charge in [-0.3, -0.25) is 9.69 Å². The van der Waals surface area contributed by atoms with Crippen molar-refractivity contribution in [2.75, 3.05) is 7.05 Å². The highest BCUT2D eigenvalue weighted by Crippen LogP contribution is 2.11. The van der Waals surface area contributed by atoms with E-state index in [1.54, 1.807) is 38.5 Å². The summed E-state index contributed by atoms with van der Waals surface area (Å²) < 4.78 is 5.13. The second-order valence-electron chi connectivity index (χ2n) is 5.33. The number of rotatable bonds is 4. The molecular formula is C13H18N4O3S. The molecule has 1 N–H and O–H groups in total. The fourth-order valence-electron chi connectivity index (χ4n) is 1.46. The van der Waals surface area contributed by atoms with Crippen molar-refractivity contribution >= 4 is 23.3 Å². The van der Waals surface area contributed by atoms with Gasteiger partial charge in [-0.15, -0.1) is 11.3 Å². The van der Waals surface area contributed by atoms with Crippen LogP contribution in [0.15, 0.2) is 11.6 Å². The van der Waals surface area contributed by atoms with Crippen LogP contribution >= 0.6 is 11.3 Å². The highest BCUT2D eigenvalue weighted by molar-refractivity contribution is 7.09. The predicted octanol–water partition coefficient (Wildman–Crippen LogP) is 1.52. The molecule has 114 valence electrons. The van der Waals surface area contributed by atoms with Crippen LogP contribution in [0.25, 0.3) is 0 Å². The molecule has 0 fully saturated rings. The topological polar surface area (TPSA) is 95.3 Å². The van der Waals surface area contributed by atoms with E-state index in [9.17, 15) is 9.59 Å². The largest absolute Gasteiger partial charge is 0.444 e. The molecule has 2 amide bonds. The lowest BCUT2D eigenvalue weighted by atomic mass is 10.2. The third-order valence-electron chi connectivity index (χ3n) is 2.33. The minimum absolute atomic E-state index is 0.210. The molecule has 1 heterocycles. The number of thiazole rings is 1. The van der Waals surface area contributed by atoms with Crippen LogP contribution in [0.3, 0.4) is 0 Å². The first-order valence-electron chi connectivity index (χ1n) is 6.28. The fourth-order valence-corrected chi connectivity index (χ4v) is 2.12. The van der Waals surface area contributed by atoms with Gasteiger partial charge in [0.1, 0.15) is 11.6 Å². The molecule has 0 radical (unpaired) electrons. The Labute approximate surface area is 127 Å². The van der Waals surface area contributed by atoms with Crippen molar-refractivity contribution in [3.63, 3.8) is 0 Å². The van der Waals surface area contributed by atoms with Crippen molar-refractivity contribution < 1.29 is 14.3 Å². The van der Waals surface area contributed by atoms with Crippen LogP contribution in [-0.2, 0) is 16.0 Å². The molecule has 1 aromatic rings. The normalized spacial score (nSPS) is 12.1. The molecule has 8 heteroatoms. The lowest BCUT2D eigenvalue weighted by Crippen LogP contribution is -2.48. The minimum atomic E-state index is -0.893. The Kier molecular flexibility index (Phi) is 5.67. The maximum atomic E-state index is 12.1. The first-order chi connectivity index (χ1) is 9.73. The Balaban J connectivity index is 2.79. The van der Waals surface area contributed by atoms with Gasteiger partial charge in [0.05, 0.1) is 5.01 Å². The van der Waals surface area contributed by atoms with Crippen molar-refractivity contribution in [2.45, 2.75) is 38.8 Å². The van der Waals surface area contributed by atoms with Gasteiger partial charge in [0.25, 0.3) is 5.91 Å². The molecule has 1 rings (SSSR count). The fraction of sp³-hybridized carbons (Fsp3) is 0.538. The average molecular weight is 310 g/mol. The standard InChI is InChI=1S/C13H18N4O3S/c1-13(2,3)20-12(19)16-9(11(18)17(4)8-14)7-10-15-5-6-21-10/h5-6,9H,7H2,1-4H3,(H,16,19)/t9-/m0/s1. The zero-order valence-electron chi connectivity index (χ0n) is 12.4. The number of aromatic nitrogens is 1. The summed E-state index contributed by atoms with van der Waals surface area (Å²) in [4.78, 5) is 28.9. The van der Waals surface area contributed by atoms with Gasteiger partial charge in [-0.1, -0.05) is 0 Å². The van der Waals surface area contributed by atoms with Gasteiger partial charge in [-0.05, 0) is 20.8 Å². The molecule has 0 spiro atoms. The lowest BCUT2D eigenvalue weighted by molar-refractivity contribution is -0.129. The first-order valence-corrected chi connectivity index (χ1v) is 7.16.